The maximum Gasteiger partial charge on any atom is 0.164 e. The van der Waals surface area contributed by atoms with E-state index in [-0.39, 0.29) is 0 Å². The molecule has 0 spiro atoms. The van der Waals surface area contributed by atoms with E-state index in [1.807, 2.05) is 121 Å². The number of aromatic nitrogens is 6. The SMILES string of the molecule is c1ccc(-c2ccc3c(c2)oc2c(-c4ccc(-c5nc(-c6ccccc6)nc(-c6ccccc6-c6nc(-c7ccccc7)nc(-c7ccccc7)n6)n5)cc4)cccc23)cc1. The molecule has 0 radical (unpaired) electrons. The van der Waals surface area contributed by atoms with E-state index < -0.39 is 0 Å². The minimum absolute atomic E-state index is 0.508. The summed E-state index contributed by atoms with van der Waals surface area (Å²) in [5.41, 5.74) is 11.1. The van der Waals surface area contributed by atoms with Crippen molar-refractivity contribution in [3.63, 3.8) is 0 Å². The smallest absolute Gasteiger partial charge is 0.164 e. The number of nitrogens with zero attached hydrogens (tertiary/aromatic N) is 6. The molecule has 0 N–H and O–H groups in total. The van der Waals surface area contributed by atoms with E-state index in [1.165, 1.54) is 0 Å². The first-order chi connectivity index (χ1) is 30.2. The lowest BCUT2D eigenvalue weighted by atomic mass is 10.00. The van der Waals surface area contributed by atoms with E-state index in [0.717, 1.165) is 77.6 Å². The van der Waals surface area contributed by atoms with Crippen molar-refractivity contribution in [2.24, 2.45) is 0 Å². The van der Waals surface area contributed by atoms with Gasteiger partial charge in [-0.05, 0) is 28.8 Å². The zero-order chi connectivity index (χ0) is 40.5. The number of fused-ring (bicyclic) bond motifs is 3. The first-order valence-corrected chi connectivity index (χ1v) is 20.1. The highest BCUT2D eigenvalue weighted by Gasteiger charge is 2.20. The topological polar surface area (TPSA) is 90.5 Å². The largest absolute Gasteiger partial charge is 0.455 e. The molecule has 286 valence electrons. The number of hydrogen-bond donors (Lipinski definition) is 0. The minimum Gasteiger partial charge on any atom is -0.455 e. The average Bonchev–Trinajstić information content (AvgIpc) is 3.73. The molecule has 8 aromatic carbocycles. The van der Waals surface area contributed by atoms with Gasteiger partial charge in [0.2, 0.25) is 0 Å². The molecule has 3 heterocycles. The monoisotopic (exact) mass is 782 g/mol. The Labute approximate surface area is 351 Å². The first kappa shape index (κ1) is 35.7. The molecule has 0 saturated carbocycles. The van der Waals surface area contributed by atoms with Crippen molar-refractivity contribution < 1.29 is 4.42 Å². The van der Waals surface area contributed by atoms with E-state index in [1.54, 1.807) is 0 Å². The van der Waals surface area contributed by atoms with Crippen molar-refractivity contribution in [1.82, 2.24) is 29.9 Å². The van der Waals surface area contributed by atoms with Crippen LogP contribution in [0.25, 0.3) is 113 Å². The highest BCUT2D eigenvalue weighted by atomic mass is 16.3. The van der Waals surface area contributed by atoms with Gasteiger partial charge in [0.15, 0.2) is 34.9 Å². The fourth-order valence-electron chi connectivity index (χ4n) is 7.78. The predicted molar refractivity (Wildman–Crippen MR) is 244 cm³/mol. The first-order valence-electron chi connectivity index (χ1n) is 20.1. The Hall–Kier alpha value is -8.42. The van der Waals surface area contributed by atoms with Gasteiger partial charge in [-0.3, -0.25) is 0 Å². The number of hydrogen-bond acceptors (Lipinski definition) is 7. The van der Waals surface area contributed by atoms with E-state index in [9.17, 15) is 0 Å². The summed E-state index contributed by atoms with van der Waals surface area (Å²) in [5.74, 6) is 3.30. The molecular weight excluding hydrogens is 749 g/mol. The molecule has 0 aliphatic heterocycles. The lowest BCUT2D eigenvalue weighted by Crippen LogP contribution is -2.03. The van der Waals surface area contributed by atoms with E-state index in [0.29, 0.717) is 34.9 Å². The van der Waals surface area contributed by atoms with Gasteiger partial charge >= 0.3 is 0 Å². The molecule has 11 aromatic rings. The Morgan fingerprint density at radius 1 is 0.246 bits per heavy atom. The molecule has 3 aromatic heterocycles. The third kappa shape index (κ3) is 6.90. The lowest BCUT2D eigenvalue weighted by molar-refractivity contribution is 0.670. The molecule has 7 nitrogen and oxygen atoms in total. The number of benzene rings is 8. The quantitative estimate of drug-likeness (QED) is 0.152. The van der Waals surface area contributed by atoms with Crippen molar-refractivity contribution >= 4 is 21.9 Å². The predicted octanol–water partition coefficient (Wildman–Crippen LogP) is 13.3. The maximum atomic E-state index is 6.61. The zero-order valence-electron chi connectivity index (χ0n) is 32.7. The molecule has 0 atom stereocenters. The minimum atomic E-state index is 0.508. The molecule has 0 fully saturated rings. The fraction of sp³-hybridized carbons (Fsp3) is 0. The second kappa shape index (κ2) is 15.4. The van der Waals surface area contributed by atoms with Gasteiger partial charge in [-0.1, -0.05) is 194 Å². The second-order valence-corrected chi connectivity index (χ2v) is 14.7. The Morgan fingerprint density at radius 3 is 1.11 bits per heavy atom. The Kier molecular flexibility index (Phi) is 9.02. The van der Waals surface area contributed by atoms with Gasteiger partial charge in [0.1, 0.15) is 11.2 Å². The average molecular weight is 783 g/mol. The second-order valence-electron chi connectivity index (χ2n) is 14.7. The van der Waals surface area contributed by atoms with Crippen LogP contribution in [0.2, 0.25) is 0 Å². The van der Waals surface area contributed by atoms with E-state index in [2.05, 4.69) is 84.9 Å². The molecule has 0 saturated heterocycles. The zero-order valence-corrected chi connectivity index (χ0v) is 32.7. The maximum absolute atomic E-state index is 6.61. The fourth-order valence-corrected chi connectivity index (χ4v) is 7.78. The van der Waals surface area contributed by atoms with Gasteiger partial charge in [-0.2, -0.15) is 0 Å². The normalized spacial score (nSPS) is 11.3. The summed E-state index contributed by atoms with van der Waals surface area (Å²) in [6.45, 7) is 0. The van der Waals surface area contributed by atoms with E-state index in [4.69, 9.17) is 34.3 Å². The summed E-state index contributed by atoms with van der Waals surface area (Å²) in [6, 6.07) is 69.4. The third-order valence-corrected chi connectivity index (χ3v) is 10.8. The van der Waals surface area contributed by atoms with Crippen molar-refractivity contribution in [2.45, 2.75) is 0 Å². The summed E-state index contributed by atoms with van der Waals surface area (Å²) in [7, 11) is 0. The standard InChI is InChI=1S/C54H34N6O/c1-5-16-35(17-6-1)41-32-33-43-44-27-15-26-42(48(44)61-47(43)34-41)36-28-30-40(31-29-36)52-56-51(39-22-11-4-12-23-39)59-54(60-52)46-25-14-13-24-45(46)53-57-49(37-18-7-2-8-19-37)55-50(58-53)38-20-9-3-10-21-38/h1-34H. The Balaban J connectivity index is 1.01. The summed E-state index contributed by atoms with van der Waals surface area (Å²) in [5, 5.41) is 2.17. The van der Waals surface area contributed by atoms with Crippen LogP contribution in [0.3, 0.4) is 0 Å². The van der Waals surface area contributed by atoms with Gasteiger partial charge < -0.3 is 4.42 Å². The summed E-state index contributed by atoms with van der Waals surface area (Å²) >= 11 is 0. The molecule has 0 bridgehead atoms. The molecule has 0 aliphatic rings. The molecule has 11 rings (SSSR count). The van der Waals surface area contributed by atoms with Crippen LogP contribution in [-0.2, 0) is 0 Å². The van der Waals surface area contributed by atoms with Gasteiger partial charge in [0.25, 0.3) is 0 Å². The molecular formula is C54H34N6O. The van der Waals surface area contributed by atoms with Crippen LogP contribution in [0.1, 0.15) is 0 Å². The van der Waals surface area contributed by atoms with Crippen molar-refractivity contribution in [3.8, 4) is 90.6 Å². The lowest BCUT2D eigenvalue weighted by Gasteiger charge is -2.13. The van der Waals surface area contributed by atoms with Crippen LogP contribution in [0.5, 0.6) is 0 Å². The van der Waals surface area contributed by atoms with Gasteiger partial charge in [-0.25, -0.2) is 29.9 Å². The highest BCUT2D eigenvalue weighted by Crippen LogP contribution is 2.39. The van der Waals surface area contributed by atoms with Crippen LogP contribution >= 0.6 is 0 Å². The van der Waals surface area contributed by atoms with Crippen molar-refractivity contribution in [1.29, 1.82) is 0 Å². The van der Waals surface area contributed by atoms with Crippen LogP contribution in [0.4, 0.5) is 0 Å². The summed E-state index contributed by atoms with van der Waals surface area (Å²) in [6.07, 6.45) is 0. The van der Waals surface area contributed by atoms with E-state index >= 15 is 0 Å². The molecule has 0 aliphatic carbocycles. The number of rotatable bonds is 8. The third-order valence-electron chi connectivity index (χ3n) is 10.8. The van der Waals surface area contributed by atoms with Crippen LogP contribution in [0.15, 0.2) is 211 Å². The highest BCUT2D eigenvalue weighted by molar-refractivity contribution is 6.10. The number of furan rings is 1. The molecule has 0 unspecified atom stereocenters. The van der Waals surface area contributed by atoms with Crippen LogP contribution < -0.4 is 0 Å². The Bertz CT molecular complexity index is 3280. The molecule has 61 heavy (non-hydrogen) atoms. The van der Waals surface area contributed by atoms with Crippen molar-refractivity contribution in [3.05, 3.63) is 206 Å². The molecule has 7 heteroatoms. The van der Waals surface area contributed by atoms with Crippen LogP contribution in [-0.4, -0.2) is 29.9 Å². The van der Waals surface area contributed by atoms with Gasteiger partial charge in [-0.15, -0.1) is 0 Å². The number of para-hydroxylation sites is 1. The van der Waals surface area contributed by atoms with Crippen LogP contribution in [0, 0.1) is 0 Å². The van der Waals surface area contributed by atoms with Gasteiger partial charge in [0, 0.05) is 49.7 Å². The van der Waals surface area contributed by atoms with Gasteiger partial charge in [0.05, 0.1) is 0 Å². The van der Waals surface area contributed by atoms with Crippen molar-refractivity contribution in [2.75, 3.05) is 0 Å². The summed E-state index contributed by atoms with van der Waals surface area (Å²) < 4.78 is 6.61. The summed E-state index contributed by atoms with van der Waals surface area (Å²) in [4.78, 5) is 30.3. The molecule has 0 amide bonds. The Morgan fingerprint density at radius 2 is 0.623 bits per heavy atom.